The molecule has 0 aliphatic heterocycles. The van der Waals surface area contributed by atoms with Crippen LogP contribution in [0.1, 0.15) is 73.6 Å². The first-order chi connectivity index (χ1) is 24.5. The number of ether oxygens (including phenoxy) is 4. The smallest absolute Gasteiger partial charge is 0.240 e. The van der Waals surface area contributed by atoms with E-state index >= 15 is 0 Å². The normalized spacial score (nSPS) is 11.0. The van der Waals surface area contributed by atoms with Gasteiger partial charge in [-0.25, -0.2) is 10.9 Å². The average molecular weight is 679 g/mol. The van der Waals surface area contributed by atoms with Crippen molar-refractivity contribution in [1.82, 2.24) is 10.9 Å². The van der Waals surface area contributed by atoms with E-state index in [0.29, 0.717) is 49.1 Å². The number of nitrogens with zero attached hydrogens (tertiary/aromatic N) is 2. The molecule has 0 bridgehead atoms. The summed E-state index contributed by atoms with van der Waals surface area (Å²) >= 11 is 0. The van der Waals surface area contributed by atoms with Gasteiger partial charge in [0.2, 0.25) is 11.8 Å². The van der Waals surface area contributed by atoms with Gasteiger partial charge in [-0.1, -0.05) is 86.3 Å². The number of nitrogens with one attached hydrogen (secondary N) is 2. The quantitative estimate of drug-likeness (QED) is 0.0533. The van der Waals surface area contributed by atoms with Gasteiger partial charge >= 0.3 is 0 Å². The van der Waals surface area contributed by atoms with Crippen molar-refractivity contribution < 1.29 is 28.5 Å². The summed E-state index contributed by atoms with van der Waals surface area (Å²) < 4.78 is 22.7. The highest BCUT2D eigenvalue weighted by molar-refractivity contribution is 5.84. The molecule has 4 rings (SSSR count). The van der Waals surface area contributed by atoms with Crippen LogP contribution in [-0.4, -0.2) is 38.5 Å². The topological polar surface area (TPSA) is 120 Å². The molecule has 0 aromatic heterocycles. The summed E-state index contributed by atoms with van der Waals surface area (Å²) in [6.07, 6.45) is 9.42. The van der Waals surface area contributed by atoms with Gasteiger partial charge in [0.05, 0.1) is 26.6 Å². The highest BCUT2D eigenvalue weighted by atomic mass is 16.5. The molecule has 0 spiro atoms. The van der Waals surface area contributed by atoms with Gasteiger partial charge in [-0.05, 0) is 71.5 Å². The van der Waals surface area contributed by atoms with E-state index in [1.165, 1.54) is 0 Å². The number of amides is 2. The van der Waals surface area contributed by atoms with E-state index in [-0.39, 0.29) is 11.8 Å². The molecule has 4 aromatic carbocycles. The Morgan fingerprint density at radius 3 is 1.34 bits per heavy atom. The summed E-state index contributed by atoms with van der Waals surface area (Å²) in [5, 5.41) is 8.17. The van der Waals surface area contributed by atoms with Gasteiger partial charge < -0.3 is 18.9 Å². The molecular weight excluding hydrogens is 632 g/mol. The summed E-state index contributed by atoms with van der Waals surface area (Å²) in [5.41, 5.74) is 8.88. The number of hydrazone groups is 2. The molecule has 10 heteroatoms. The van der Waals surface area contributed by atoms with Crippen LogP contribution in [-0.2, 0) is 22.8 Å². The van der Waals surface area contributed by atoms with E-state index in [0.717, 1.165) is 60.8 Å². The number of unbranched alkanes of at least 4 members (excludes halogenated alkanes) is 5. The lowest BCUT2D eigenvalue weighted by Crippen LogP contribution is -2.17. The van der Waals surface area contributed by atoms with Crippen molar-refractivity contribution in [1.29, 1.82) is 0 Å². The van der Waals surface area contributed by atoms with Gasteiger partial charge in [0.15, 0.2) is 23.0 Å². The zero-order chi connectivity index (χ0) is 35.2. The third kappa shape index (κ3) is 13.5. The summed E-state index contributed by atoms with van der Waals surface area (Å²) in [7, 11) is 3.18. The Kier molecular flexibility index (Phi) is 15.9. The minimum Gasteiger partial charge on any atom is -0.493 e. The minimum absolute atomic E-state index is 0.126. The molecule has 0 atom stereocenters. The molecule has 4 aromatic rings. The molecule has 262 valence electrons. The number of methoxy groups -OCH3 is 2. The molecule has 0 heterocycles. The van der Waals surface area contributed by atoms with E-state index in [1.807, 2.05) is 97.1 Å². The third-order valence-corrected chi connectivity index (χ3v) is 7.71. The molecular formula is C40H46N4O6. The minimum atomic E-state index is -0.126. The van der Waals surface area contributed by atoms with Crippen molar-refractivity contribution in [2.45, 2.75) is 64.6 Å². The Labute approximate surface area is 294 Å². The first-order valence-corrected chi connectivity index (χ1v) is 16.9. The second-order valence-electron chi connectivity index (χ2n) is 11.6. The lowest BCUT2D eigenvalue weighted by atomic mass is 10.1. The fourth-order valence-electron chi connectivity index (χ4n) is 4.99. The fraction of sp³-hybridized carbons (Fsp3) is 0.300. The van der Waals surface area contributed by atoms with Gasteiger partial charge in [-0.15, -0.1) is 0 Å². The fourth-order valence-corrected chi connectivity index (χ4v) is 4.99. The van der Waals surface area contributed by atoms with Crippen LogP contribution in [0.25, 0.3) is 0 Å². The van der Waals surface area contributed by atoms with E-state index in [2.05, 4.69) is 21.1 Å². The van der Waals surface area contributed by atoms with Gasteiger partial charge in [0.1, 0.15) is 13.2 Å². The van der Waals surface area contributed by atoms with Crippen molar-refractivity contribution in [2.75, 3.05) is 14.2 Å². The molecule has 2 N–H and O–H groups in total. The van der Waals surface area contributed by atoms with E-state index in [9.17, 15) is 9.59 Å². The standard InChI is InChI=1S/C40H46N4O6/c1-47-37-25-33(21-23-35(37)49-29-31-15-9-7-10-16-31)27-41-43-39(45)19-13-5-3-4-6-14-20-40(46)44-42-28-34-22-24-36(38(26-34)48-2)50-30-32-17-11-8-12-18-32/h7-12,15-18,21-28H,3-6,13-14,19-20,29-30H2,1-2H3,(H,43,45)(H,44,46)/b41-27-,42-28-. The Balaban J connectivity index is 1.03. The van der Waals surface area contributed by atoms with Gasteiger partial charge in [0, 0.05) is 12.8 Å². The summed E-state index contributed by atoms with van der Waals surface area (Å²) in [4.78, 5) is 24.4. The number of rotatable bonds is 21. The largest absolute Gasteiger partial charge is 0.493 e. The van der Waals surface area contributed by atoms with Gasteiger partial charge in [-0.3, -0.25) is 9.59 Å². The van der Waals surface area contributed by atoms with Crippen LogP contribution < -0.4 is 29.8 Å². The molecule has 0 unspecified atom stereocenters. The van der Waals surface area contributed by atoms with Crippen molar-refractivity contribution in [3.8, 4) is 23.0 Å². The van der Waals surface area contributed by atoms with Crippen LogP contribution in [0, 0.1) is 0 Å². The average Bonchev–Trinajstić information content (AvgIpc) is 3.15. The monoisotopic (exact) mass is 678 g/mol. The third-order valence-electron chi connectivity index (χ3n) is 7.71. The lowest BCUT2D eigenvalue weighted by molar-refractivity contribution is -0.122. The first kappa shape index (κ1) is 37.2. The maximum atomic E-state index is 12.2. The molecule has 0 aliphatic carbocycles. The number of hydrogen-bond acceptors (Lipinski definition) is 8. The molecule has 0 aliphatic rings. The van der Waals surface area contributed by atoms with Crippen LogP contribution in [0.4, 0.5) is 0 Å². The van der Waals surface area contributed by atoms with Crippen LogP contribution in [0.3, 0.4) is 0 Å². The maximum Gasteiger partial charge on any atom is 0.240 e. The number of carbonyl (C=O) groups is 2. The second-order valence-corrected chi connectivity index (χ2v) is 11.6. The van der Waals surface area contributed by atoms with Crippen LogP contribution in [0.2, 0.25) is 0 Å². The maximum absolute atomic E-state index is 12.2. The van der Waals surface area contributed by atoms with Crippen molar-refractivity contribution >= 4 is 24.2 Å². The Morgan fingerprint density at radius 1 is 0.540 bits per heavy atom. The molecule has 10 nitrogen and oxygen atoms in total. The van der Waals surface area contributed by atoms with Crippen molar-refractivity contribution in [3.63, 3.8) is 0 Å². The zero-order valence-electron chi connectivity index (χ0n) is 28.8. The van der Waals surface area contributed by atoms with Gasteiger partial charge in [0.25, 0.3) is 0 Å². The summed E-state index contributed by atoms with van der Waals surface area (Å²) in [6, 6.07) is 30.8. The molecule has 0 fully saturated rings. The van der Waals surface area contributed by atoms with Crippen molar-refractivity contribution in [2.24, 2.45) is 10.2 Å². The predicted octanol–water partition coefficient (Wildman–Crippen LogP) is 7.58. The molecule has 0 saturated heterocycles. The number of hydrogen-bond donors (Lipinski definition) is 2. The Hall–Kier alpha value is -5.64. The molecule has 50 heavy (non-hydrogen) atoms. The lowest BCUT2D eigenvalue weighted by Gasteiger charge is -2.11. The summed E-state index contributed by atoms with van der Waals surface area (Å²) in [6.45, 7) is 0.878. The highest BCUT2D eigenvalue weighted by Gasteiger charge is 2.08. The second kappa shape index (κ2) is 21.4. The van der Waals surface area contributed by atoms with Crippen LogP contribution in [0.15, 0.2) is 107 Å². The highest BCUT2D eigenvalue weighted by Crippen LogP contribution is 2.29. The SMILES string of the molecule is COc1cc(/C=N\NC(=O)CCCCCCCCC(=O)N/N=C\c2ccc(OCc3ccccc3)c(OC)c2)ccc1OCc1ccccc1. The Bertz CT molecular complexity index is 1550. The number of benzene rings is 4. The van der Waals surface area contributed by atoms with Crippen LogP contribution >= 0.6 is 0 Å². The molecule has 0 saturated carbocycles. The van der Waals surface area contributed by atoms with E-state index in [4.69, 9.17) is 18.9 Å². The van der Waals surface area contributed by atoms with E-state index in [1.54, 1.807) is 26.6 Å². The molecule has 2 amide bonds. The first-order valence-electron chi connectivity index (χ1n) is 16.9. The van der Waals surface area contributed by atoms with Crippen LogP contribution in [0.5, 0.6) is 23.0 Å². The molecule has 0 radical (unpaired) electrons. The Morgan fingerprint density at radius 2 is 0.940 bits per heavy atom. The van der Waals surface area contributed by atoms with Crippen molar-refractivity contribution in [3.05, 3.63) is 119 Å². The number of carbonyl (C=O) groups excluding carboxylic acids is 2. The zero-order valence-corrected chi connectivity index (χ0v) is 28.8. The van der Waals surface area contributed by atoms with Gasteiger partial charge in [-0.2, -0.15) is 10.2 Å². The summed E-state index contributed by atoms with van der Waals surface area (Å²) in [5.74, 6) is 2.20. The predicted molar refractivity (Wildman–Crippen MR) is 196 cm³/mol. The van der Waals surface area contributed by atoms with E-state index < -0.39 is 0 Å².